The van der Waals surface area contributed by atoms with Crippen molar-refractivity contribution < 1.29 is 73.8 Å². The normalized spacial score (nSPS) is 28.0. The van der Waals surface area contributed by atoms with Gasteiger partial charge in [0.2, 0.25) is 6.29 Å². The minimum Gasteiger partial charge on any atom is -0.467 e. The number of carbonyl (C=O) groups is 2. The van der Waals surface area contributed by atoms with Gasteiger partial charge in [-0.05, 0) is 101 Å². The van der Waals surface area contributed by atoms with Crippen molar-refractivity contribution in [1.29, 1.82) is 0 Å². The number of benzene rings is 1. The van der Waals surface area contributed by atoms with Crippen LogP contribution in [-0.4, -0.2) is 130 Å². The van der Waals surface area contributed by atoms with Gasteiger partial charge in [-0.25, -0.2) is 9.59 Å². The largest absolute Gasteiger partial charge is 0.467 e. The monoisotopic (exact) mass is 778 g/mol. The molecule has 0 amide bonds. The van der Waals surface area contributed by atoms with Crippen molar-refractivity contribution in [3.8, 4) is 5.75 Å². The molecular formula is C40H58O15. The van der Waals surface area contributed by atoms with Crippen LogP contribution in [0.5, 0.6) is 5.75 Å². The van der Waals surface area contributed by atoms with E-state index < -0.39 is 86.6 Å². The minimum absolute atomic E-state index is 0.179. The molecule has 2 aliphatic heterocycles. The van der Waals surface area contributed by atoms with E-state index in [0.29, 0.717) is 23.1 Å². The van der Waals surface area contributed by atoms with E-state index in [4.69, 9.17) is 28.4 Å². The molecule has 308 valence electrons. The third kappa shape index (κ3) is 12.0. The smallest absolute Gasteiger partial charge is 0.339 e. The van der Waals surface area contributed by atoms with E-state index in [1.54, 1.807) is 19.1 Å². The fourth-order valence-corrected chi connectivity index (χ4v) is 6.06. The van der Waals surface area contributed by atoms with Gasteiger partial charge in [-0.1, -0.05) is 36.0 Å². The zero-order chi connectivity index (χ0) is 41.1. The summed E-state index contributed by atoms with van der Waals surface area (Å²) in [5.41, 5.74) is 3.76. The highest BCUT2D eigenvalue weighted by molar-refractivity contribution is 5.87. The molecule has 1 aromatic rings. The predicted octanol–water partition coefficient (Wildman–Crippen LogP) is 1.62. The standard InChI is InChI=1S/C40H58O15/c1-9-22(6)37(48)53-35-29(18-42)52-40(33(47)36(35)55-39-32(46)31(45)28(43)19-51-39)54-34-25(13-11-21(4)5)15-26(30(44)38(49)50-8)16-27(34)14-24(23(7)17-41)12-10-20(2)3/h9-11,15-16,24,28-33,35-36,39-47H,7,12-14,17-19H2,1-6,8H3/b22-9+/t24-,28-,29-,30+,31+,32-,33-,35-,36-,39+,40+/m1/s1. The van der Waals surface area contributed by atoms with Crippen LogP contribution in [0.3, 0.4) is 0 Å². The molecular weight excluding hydrogens is 720 g/mol. The van der Waals surface area contributed by atoms with Gasteiger partial charge < -0.3 is 64.2 Å². The number of allylic oxidation sites excluding steroid dienone is 5. The van der Waals surface area contributed by atoms with Crippen LogP contribution in [0.4, 0.5) is 0 Å². The minimum atomic E-state index is -1.82. The summed E-state index contributed by atoms with van der Waals surface area (Å²) < 4.78 is 34.5. The Morgan fingerprint density at radius 2 is 1.60 bits per heavy atom. The predicted molar refractivity (Wildman–Crippen MR) is 198 cm³/mol. The van der Waals surface area contributed by atoms with Gasteiger partial charge in [0.05, 0.1) is 26.9 Å². The molecule has 0 bridgehead atoms. The third-order valence-electron chi connectivity index (χ3n) is 9.57. The first-order chi connectivity index (χ1) is 26.0. The van der Waals surface area contributed by atoms with Gasteiger partial charge in [-0.15, -0.1) is 0 Å². The first-order valence-electron chi connectivity index (χ1n) is 18.2. The zero-order valence-corrected chi connectivity index (χ0v) is 32.6. The van der Waals surface area contributed by atoms with E-state index in [9.17, 15) is 45.3 Å². The molecule has 15 nitrogen and oxygen atoms in total. The van der Waals surface area contributed by atoms with Gasteiger partial charge in [0, 0.05) is 5.57 Å². The van der Waals surface area contributed by atoms with Crippen LogP contribution < -0.4 is 4.74 Å². The lowest BCUT2D eigenvalue weighted by molar-refractivity contribution is -0.340. The van der Waals surface area contributed by atoms with Crippen LogP contribution in [0.15, 0.2) is 59.2 Å². The maximum atomic E-state index is 13.0. The molecule has 0 spiro atoms. The molecule has 0 saturated carbocycles. The summed E-state index contributed by atoms with van der Waals surface area (Å²) in [7, 11) is 1.15. The summed E-state index contributed by atoms with van der Waals surface area (Å²) in [5, 5.41) is 74.7. The second-order valence-electron chi connectivity index (χ2n) is 14.3. The molecule has 2 saturated heterocycles. The Labute approximate surface area is 322 Å². The van der Waals surface area contributed by atoms with Crippen molar-refractivity contribution in [2.45, 2.75) is 122 Å². The molecule has 15 heteroatoms. The highest BCUT2D eigenvalue weighted by atomic mass is 16.7. The summed E-state index contributed by atoms with van der Waals surface area (Å²) in [5.74, 6) is -1.89. The number of hydrogen-bond donors (Lipinski definition) is 7. The Morgan fingerprint density at radius 1 is 0.945 bits per heavy atom. The Bertz CT molecular complexity index is 1560. The van der Waals surface area contributed by atoms with E-state index in [-0.39, 0.29) is 42.3 Å². The Hall–Kier alpha value is -3.48. The fourth-order valence-electron chi connectivity index (χ4n) is 6.06. The molecule has 2 heterocycles. The maximum Gasteiger partial charge on any atom is 0.339 e. The fraction of sp³-hybridized carbons (Fsp3) is 0.600. The third-order valence-corrected chi connectivity index (χ3v) is 9.57. The van der Waals surface area contributed by atoms with E-state index in [1.165, 1.54) is 13.0 Å². The van der Waals surface area contributed by atoms with Gasteiger partial charge in [-0.3, -0.25) is 0 Å². The van der Waals surface area contributed by atoms with Crippen molar-refractivity contribution in [3.05, 3.63) is 75.9 Å². The van der Waals surface area contributed by atoms with Crippen molar-refractivity contribution in [1.82, 2.24) is 0 Å². The van der Waals surface area contributed by atoms with E-state index in [2.05, 4.69) is 6.58 Å². The maximum absolute atomic E-state index is 13.0. The number of methoxy groups -OCH3 is 1. The molecule has 11 atom stereocenters. The number of aliphatic hydroxyl groups excluding tert-OH is 7. The lowest BCUT2D eigenvalue weighted by atomic mass is 9.86. The Morgan fingerprint density at radius 3 is 2.18 bits per heavy atom. The molecule has 55 heavy (non-hydrogen) atoms. The molecule has 2 aliphatic rings. The van der Waals surface area contributed by atoms with Crippen LogP contribution in [0, 0.1) is 5.92 Å². The number of rotatable bonds is 17. The first kappa shape index (κ1) is 45.9. The molecule has 0 aliphatic carbocycles. The summed E-state index contributed by atoms with van der Waals surface area (Å²) in [6.45, 7) is 13.3. The van der Waals surface area contributed by atoms with Gasteiger partial charge in [-0.2, -0.15) is 0 Å². The molecule has 3 rings (SSSR count). The first-order valence-corrected chi connectivity index (χ1v) is 18.2. The van der Waals surface area contributed by atoms with Gasteiger partial charge in [0.1, 0.15) is 42.4 Å². The van der Waals surface area contributed by atoms with Crippen LogP contribution in [-0.2, 0) is 46.1 Å². The van der Waals surface area contributed by atoms with Crippen LogP contribution in [0.1, 0.15) is 70.8 Å². The van der Waals surface area contributed by atoms with Crippen molar-refractivity contribution in [2.75, 3.05) is 26.9 Å². The number of aliphatic hydroxyl groups is 7. The van der Waals surface area contributed by atoms with Crippen molar-refractivity contribution in [2.24, 2.45) is 5.92 Å². The SMILES string of the molecule is C=C(CO)[C@H](CC=C(C)C)Cc1cc([C@H](O)C(=O)OC)cc(CC=C(C)C)c1O[C@@H]1O[C@H](CO)[C@@H](OC(=O)/C(C)=C/C)[C@H](O[C@@H]2OC[C@@H](O)[C@H](O)[C@H]2O)[C@H]1O. The summed E-state index contributed by atoms with van der Waals surface area (Å²) in [6, 6.07) is 3.11. The molecule has 0 unspecified atom stereocenters. The number of ether oxygens (including phenoxy) is 6. The van der Waals surface area contributed by atoms with Crippen LogP contribution in [0.25, 0.3) is 0 Å². The highest BCUT2D eigenvalue weighted by Gasteiger charge is 2.52. The van der Waals surface area contributed by atoms with Crippen LogP contribution >= 0.6 is 0 Å². The van der Waals surface area contributed by atoms with E-state index >= 15 is 0 Å². The van der Waals surface area contributed by atoms with Crippen LogP contribution in [0.2, 0.25) is 0 Å². The molecule has 2 fully saturated rings. The zero-order valence-electron chi connectivity index (χ0n) is 32.6. The Balaban J connectivity index is 2.22. The second kappa shape index (κ2) is 21.2. The van der Waals surface area contributed by atoms with E-state index in [1.807, 2.05) is 39.8 Å². The average Bonchev–Trinajstić information content (AvgIpc) is 3.16. The average molecular weight is 779 g/mol. The lowest BCUT2D eigenvalue weighted by Crippen LogP contribution is -2.64. The highest BCUT2D eigenvalue weighted by Crippen LogP contribution is 2.38. The number of esters is 2. The topological polar surface area (TPSA) is 231 Å². The van der Waals surface area contributed by atoms with Gasteiger partial charge in [0.25, 0.3) is 0 Å². The molecule has 0 aromatic heterocycles. The second-order valence-corrected chi connectivity index (χ2v) is 14.3. The Kier molecular flexibility index (Phi) is 17.7. The summed E-state index contributed by atoms with van der Waals surface area (Å²) in [4.78, 5) is 25.5. The molecule has 0 radical (unpaired) electrons. The number of carbonyl (C=O) groups excluding carboxylic acids is 2. The summed E-state index contributed by atoms with van der Waals surface area (Å²) in [6.07, 6.45) is -9.85. The summed E-state index contributed by atoms with van der Waals surface area (Å²) >= 11 is 0. The van der Waals surface area contributed by atoms with E-state index in [0.717, 1.165) is 18.3 Å². The van der Waals surface area contributed by atoms with Gasteiger partial charge in [0.15, 0.2) is 18.5 Å². The van der Waals surface area contributed by atoms with Crippen molar-refractivity contribution >= 4 is 11.9 Å². The number of hydrogen-bond acceptors (Lipinski definition) is 15. The quantitative estimate of drug-likeness (QED) is 0.0677. The molecule has 7 N–H and O–H groups in total. The van der Waals surface area contributed by atoms with Gasteiger partial charge >= 0.3 is 11.9 Å². The lowest BCUT2D eigenvalue weighted by Gasteiger charge is -2.45. The molecule has 1 aromatic carbocycles. The van der Waals surface area contributed by atoms with Crippen molar-refractivity contribution in [3.63, 3.8) is 0 Å².